The monoisotopic (exact) mass is 332 g/mol. The van der Waals surface area contributed by atoms with Gasteiger partial charge < -0.3 is 15.8 Å². The van der Waals surface area contributed by atoms with Gasteiger partial charge in [0.25, 0.3) is 5.91 Å². The van der Waals surface area contributed by atoms with Crippen molar-refractivity contribution in [2.75, 3.05) is 19.7 Å². The molecule has 0 aliphatic carbocycles. The number of amides is 1. The first-order valence-electron chi connectivity index (χ1n) is 7.01. The summed E-state index contributed by atoms with van der Waals surface area (Å²) in [5.41, 5.74) is 6.37. The molecule has 4 nitrogen and oxygen atoms in total. The molecule has 1 aromatic carbocycles. The van der Waals surface area contributed by atoms with Crippen molar-refractivity contribution < 1.29 is 9.53 Å². The van der Waals surface area contributed by atoms with Crippen LogP contribution in [-0.2, 0) is 11.2 Å². The Labute approximate surface area is 135 Å². The quantitative estimate of drug-likeness (QED) is 0.769. The SMILES string of the molecule is CC(C)CCNC(=O)COc1c(Cl)cc(Cl)cc1CCN. The highest BCUT2D eigenvalue weighted by atomic mass is 35.5. The van der Waals surface area contributed by atoms with Crippen LogP contribution in [0, 0.1) is 5.92 Å². The number of nitrogens with one attached hydrogen (secondary N) is 1. The van der Waals surface area contributed by atoms with Crippen molar-refractivity contribution >= 4 is 29.1 Å². The van der Waals surface area contributed by atoms with Crippen LogP contribution in [0.25, 0.3) is 0 Å². The van der Waals surface area contributed by atoms with E-state index in [-0.39, 0.29) is 12.5 Å². The molecule has 0 heterocycles. The largest absolute Gasteiger partial charge is 0.482 e. The molecule has 1 amide bonds. The summed E-state index contributed by atoms with van der Waals surface area (Å²) in [6.45, 7) is 5.24. The maximum atomic E-state index is 11.7. The molecule has 0 unspecified atom stereocenters. The third-order valence-electron chi connectivity index (χ3n) is 2.89. The van der Waals surface area contributed by atoms with Gasteiger partial charge in [-0.25, -0.2) is 0 Å². The van der Waals surface area contributed by atoms with Gasteiger partial charge in [-0.1, -0.05) is 37.0 Å². The molecule has 0 aliphatic heterocycles. The molecule has 6 heteroatoms. The Bertz CT molecular complexity index is 479. The molecule has 0 atom stereocenters. The Morgan fingerprint density at radius 2 is 2.10 bits per heavy atom. The van der Waals surface area contributed by atoms with Gasteiger partial charge in [-0.05, 0) is 43.0 Å². The molecule has 0 fully saturated rings. The number of halogens is 2. The van der Waals surface area contributed by atoms with Gasteiger partial charge in [-0.3, -0.25) is 4.79 Å². The Hall–Kier alpha value is -0.970. The number of rotatable bonds is 8. The molecule has 0 saturated heterocycles. The van der Waals surface area contributed by atoms with Gasteiger partial charge in [0.15, 0.2) is 6.61 Å². The Balaban J connectivity index is 2.60. The summed E-state index contributed by atoms with van der Waals surface area (Å²) in [7, 11) is 0. The van der Waals surface area contributed by atoms with Crippen LogP contribution in [0.4, 0.5) is 0 Å². The van der Waals surface area contributed by atoms with E-state index < -0.39 is 0 Å². The van der Waals surface area contributed by atoms with Crippen molar-refractivity contribution in [1.29, 1.82) is 0 Å². The predicted molar refractivity (Wildman–Crippen MR) is 87.2 cm³/mol. The van der Waals surface area contributed by atoms with E-state index in [1.165, 1.54) is 0 Å². The lowest BCUT2D eigenvalue weighted by molar-refractivity contribution is -0.123. The molecule has 0 radical (unpaired) electrons. The first kappa shape index (κ1) is 18.1. The fourth-order valence-electron chi connectivity index (χ4n) is 1.81. The summed E-state index contributed by atoms with van der Waals surface area (Å²) in [6.07, 6.45) is 1.52. The van der Waals surface area contributed by atoms with Gasteiger partial charge in [0.2, 0.25) is 0 Å². The van der Waals surface area contributed by atoms with E-state index in [4.69, 9.17) is 33.7 Å². The number of hydrogen-bond acceptors (Lipinski definition) is 3. The third kappa shape index (κ3) is 6.55. The van der Waals surface area contributed by atoms with E-state index in [0.29, 0.717) is 41.2 Å². The third-order valence-corrected chi connectivity index (χ3v) is 3.39. The van der Waals surface area contributed by atoms with Gasteiger partial charge in [0, 0.05) is 11.6 Å². The Morgan fingerprint density at radius 3 is 2.71 bits per heavy atom. The van der Waals surface area contributed by atoms with Crippen molar-refractivity contribution in [3.8, 4) is 5.75 Å². The molecular formula is C15H22Cl2N2O2. The predicted octanol–water partition coefficient (Wildman–Crippen LogP) is 3.04. The summed E-state index contributed by atoms with van der Waals surface area (Å²) in [6, 6.07) is 3.35. The highest BCUT2D eigenvalue weighted by Crippen LogP contribution is 2.32. The minimum absolute atomic E-state index is 0.0724. The molecule has 1 rings (SSSR count). The molecular weight excluding hydrogens is 311 g/mol. The van der Waals surface area contributed by atoms with E-state index in [0.717, 1.165) is 12.0 Å². The van der Waals surface area contributed by atoms with Crippen molar-refractivity contribution in [2.24, 2.45) is 11.7 Å². The minimum atomic E-state index is -0.166. The topological polar surface area (TPSA) is 64.3 Å². The van der Waals surface area contributed by atoms with Gasteiger partial charge in [-0.2, -0.15) is 0 Å². The van der Waals surface area contributed by atoms with Gasteiger partial charge >= 0.3 is 0 Å². The molecule has 118 valence electrons. The number of nitrogens with two attached hydrogens (primary N) is 1. The van der Waals surface area contributed by atoms with Crippen LogP contribution in [0.5, 0.6) is 5.75 Å². The zero-order valence-corrected chi connectivity index (χ0v) is 13.9. The maximum absolute atomic E-state index is 11.7. The molecule has 0 bridgehead atoms. The Morgan fingerprint density at radius 1 is 1.38 bits per heavy atom. The lowest BCUT2D eigenvalue weighted by Crippen LogP contribution is -2.30. The summed E-state index contributed by atoms with van der Waals surface area (Å²) < 4.78 is 5.54. The molecule has 1 aromatic rings. The minimum Gasteiger partial charge on any atom is -0.482 e. The van der Waals surface area contributed by atoms with E-state index in [1.807, 2.05) is 0 Å². The van der Waals surface area contributed by atoms with Crippen LogP contribution >= 0.6 is 23.2 Å². The normalized spacial score (nSPS) is 10.8. The fraction of sp³-hybridized carbons (Fsp3) is 0.533. The fourth-order valence-corrected chi connectivity index (χ4v) is 2.40. The van der Waals surface area contributed by atoms with Gasteiger partial charge in [-0.15, -0.1) is 0 Å². The molecule has 21 heavy (non-hydrogen) atoms. The highest BCUT2D eigenvalue weighted by Gasteiger charge is 2.12. The second-order valence-electron chi connectivity index (χ2n) is 5.24. The van der Waals surface area contributed by atoms with Crippen LogP contribution in [0.2, 0.25) is 10.0 Å². The molecule has 0 aromatic heterocycles. The van der Waals surface area contributed by atoms with E-state index >= 15 is 0 Å². The van der Waals surface area contributed by atoms with Crippen LogP contribution in [0.3, 0.4) is 0 Å². The summed E-state index contributed by atoms with van der Waals surface area (Å²) >= 11 is 12.1. The summed E-state index contributed by atoms with van der Waals surface area (Å²) in [4.78, 5) is 11.7. The molecule has 0 spiro atoms. The maximum Gasteiger partial charge on any atom is 0.257 e. The summed E-state index contributed by atoms with van der Waals surface area (Å²) in [5.74, 6) is 0.860. The van der Waals surface area contributed by atoms with Gasteiger partial charge in [0.1, 0.15) is 5.75 Å². The van der Waals surface area contributed by atoms with E-state index in [2.05, 4.69) is 19.2 Å². The highest BCUT2D eigenvalue weighted by molar-refractivity contribution is 6.35. The molecule has 0 saturated carbocycles. The number of carbonyl (C=O) groups is 1. The van der Waals surface area contributed by atoms with E-state index in [1.54, 1.807) is 12.1 Å². The average Bonchev–Trinajstić information content (AvgIpc) is 2.37. The van der Waals surface area contributed by atoms with Gasteiger partial charge in [0.05, 0.1) is 5.02 Å². The number of hydrogen-bond donors (Lipinski definition) is 2. The average molecular weight is 333 g/mol. The zero-order chi connectivity index (χ0) is 15.8. The first-order chi connectivity index (χ1) is 9.93. The van der Waals surface area contributed by atoms with Crippen molar-refractivity contribution in [2.45, 2.75) is 26.7 Å². The lowest BCUT2D eigenvalue weighted by atomic mass is 10.1. The zero-order valence-electron chi connectivity index (χ0n) is 12.4. The molecule has 3 N–H and O–H groups in total. The van der Waals surface area contributed by atoms with Crippen molar-refractivity contribution in [3.05, 3.63) is 27.7 Å². The smallest absolute Gasteiger partial charge is 0.257 e. The van der Waals surface area contributed by atoms with Crippen LogP contribution in [-0.4, -0.2) is 25.6 Å². The second kappa shape index (κ2) is 9.13. The second-order valence-corrected chi connectivity index (χ2v) is 6.08. The molecule has 0 aliphatic rings. The lowest BCUT2D eigenvalue weighted by Gasteiger charge is -2.14. The van der Waals surface area contributed by atoms with Crippen molar-refractivity contribution in [1.82, 2.24) is 5.32 Å². The number of benzene rings is 1. The summed E-state index contributed by atoms with van der Waals surface area (Å²) in [5, 5.41) is 3.72. The van der Waals surface area contributed by atoms with E-state index in [9.17, 15) is 4.79 Å². The van der Waals surface area contributed by atoms with Crippen molar-refractivity contribution in [3.63, 3.8) is 0 Å². The Kier molecular flexibility index (Phi) is 7.86. The first-order valence-corrected chi connectivity index (χ1v) is 7.77. The van der Waals surface area contributed by atoms with Crippen LogP contribution < -0.4 is 15.8 Å². The van der Waals surface area contributed by atoms with Crippen LogP contribution in [0.1, 0.15) is 25.8 Å². The number of carbonyl (C=O) groups excluding carboxylic acids is 1. The standard InChI is InChI=1S/C15H22Cl2N2O2/c1-10(2)4-6-19-14(20)9-21-15-11(3-5-18)7-12(16)8-13(15)17/h7-8,10H,3-6,9,18H2,1-2H3,(H,19,20). The van der Waals surface area contributed by atoms with Crippen LogP contribution in [0.15, 0.2) is 12.1 Å². The number of ether oxygens (including phenoxy) is 1.